The van der Waals surface area contributed by atoms with Gasteiger partial charge in [-0.15, -0.1) is 5.10 Å². The highest BCUT2D eigenvalue weighted by atomic mass is 32.2. The van der Waals surface area contributed by atoms with Gasteiger partial charge in [0, 0.05) is 12.1 Å². The summed E-state index contributed by atoms with van der Waals surface area (Å²) in [6.07, 6.45) is 0. The molecular weight excluding hydrogens is 290 g/mol. The number of nitrogens with one attached hydrogen (secondary N) is 1. The van der Waals surface area contributed by atoms with E-state index in [4.69, 9.17) is 4.74 Å². The molecule has 0 aliphatic heterocycles. The molecule has 6 nitrogen and oxygen atoms in total. The molecule has 1 aromatic carbocycles. The minimum atomic E-state index is -0.334. The molecule has 0 amide bonds. The highest BCUT2D eigenvalue weighted by Gasteiger charge is 2.19. The maximum absolute atomic E-state index is 12.4. The van der Waals surface area contributed by atoms with E-state index in [-0.39, 0.29) is 16.7 Å². The topological polar surface area (TPSA) is 77.0 Å². The first kappa shape index (κ1) is 15.4. The molecule has 0 aliphatic carbocycles. The number of ether oxygens (including phenoxy) is 1. The number of nitrogens with zero attached hydrogens (tertiary/aromatic N) is 2. The monoisotopic (exact) mass is 307 g/mol. The Morgan fingerprint density at radius 1 is 1.43 bits per heavy atom. The number of benzene rings is 1. The van der Waals surface area contributed by atoms with Crippen molar-refractivity contribution < 1.29 is 9.53 Å². The van der Waals surface area contributed by atoms with Gasteiger partial charge in [0.2, 0.25) is 0 Å². The van der Waals surface area contributed by atoms with E-state index in [9.17, 15) is 9.59 Å². The highest BCUT2D eigenvalue weighted by Crippen LogP contribution is 2.23. The van der Waals surface area contributed by atoms with Crippen LogP contribution < -0.4 is 10.4 Å². The van der Waals surface area contributed by atoms with Gasteiger partial charge in [0.05, 0.1) is 12.4 Å². The Morgan fingerprint density at radius 2 is 2.10 bits per heavy atom. The third-order valence-corrected chi connectivity index (χ3v) is 4.16. The van der Waals surface area contributed by atoms with E-state index in [0.29, 0.717) is 23.0 Å². The van der Waals surface area contributed by atoms with Gasteiger partial charge in [-0.3, -0.25) is 9.36 Å². The predicted octanol–water partition coefficient (Wildman–Crippen LogP) is 1.96. The normalized spacial score (nSPS) is 12.1. The number of methoxy groups -OCH3 is 1. The summed E-state index contributed by atoms with van der Waals surface area (Å²) in [6.45, 7) is 4.18. The van der Waals surface area contributed by atoms with E-state index in [1.807, 2.05) is 6.92 Å². The van der Waals surface area contributed by atoms with Crippen LogP contribution in [-0.4, -0.2) is 32.9 Å². The fourth-order valence-corrected chi connectivity index (χ4v) is 2.87. The Bertz CT molecular complexity index is 676. The summed E-state index contributed by atoms with van der Waals surface area (Å²) in [5, 5.41) is 6.53. The van der Waals surface area contributed by atoms with Crippen LogP contribution in [0.15, 0.2) is 34.2 Å². The van der Waals surface area contributed by atoms with Crippen molar-refractivity contribution in [1.29, 1.82) is 0 Å². The van der Waals surface area contributed by atoms with E-state index in [2.05, 4.69) is 10.2 Å². The lowest BCUT2D eigenvalue weighted by molar-refractivity contribution is 0.0994. The fourth-order valence-electron chi connectivity index (χ4n) is 1.87. The van der Waals surface area contributed by atoms with E-state index < -0.39 is 0 Å². The Kier molecular flexibility index (Phi) is 4.85. The number of carbonyl (C=O) groups is 1. The molecule has 2 rings (SSSR count). The van der Waals surface area contributed by atoms with Crippen LogP contribution in [0.3, 0.4) is 0 Å². The van der Waals surface area contributed by atoms with Gasteiger partial charge in [-0.25, -0.2) is 9.89 Å². The zero-order chi connectivity index (χ0) is 15.4. The minimum Gasteiger partial charge on any atom is -0.497 e. The maximum Gasteiger partial charge on any atom is 0.343 e. The molecule has 1 atom stereocenters. The van der Waals surface area contributed by atoms with Gasteiger partial charge in [-0.2, -0.15) is 0 Å². The van der Waals surface area contributed by atoms with E-state index in [1.54, 1.807) is 38.3 Å². The first-order chi connectivity index (χ1) is 10.1. The van der Waals surface area contributed by atoms with Crippen molar-refractivity contribution in [1.82, 2.24) is 14.8 Å². The molecule has 0 radical (unpaired) electrons. The number of hydrogen-bond acceptors (Lipinski definition) is 5. The molecule has 0 saturated carbocycles. The van der Waals surface area contributed by atoms with Crippen molar-refractivity contribution in [2.24, 2.45) is 0 Å². The number of aromatic amines is 1. The zero-order valence-corrected chi connectivity index (χ0v) is 12.9. The van der Waals surface area contributed by atoms with E-state index >= 15 is 0 Å². The van der Waals surface area contributed by atoms with Crippen molar-refractivity contribution in [3.05, 3.63) is 40.3 Å². The highest BCUT2D eigenvalue weighted by molar-refractivity contribution is 8.00. The number of aromatic nitrogens is 3. The number of H-pyrrole nitrogens is 1. The van der Waals surface area contributed by atoms with Crippen LogP contribution in [0.2, 0.25) is 0 Å². The first-order valence-corrected chi connectivity index (χ1v) is 7.45. The molecule has 2 aromatic rings. The van der Waals surface area contributed by atoms with Crippen molar-refractivity contribution >= 4 is 17.5 Å². The third-order valence-electron chi connectivity index (χ3n) is 3.07. The molecule has 0 aliphatic rings. The standard InChI is InChI=1S/C14H17N3O3S/c1-4-17-13(19)15-16-14(17)21-9(2)12(18)10-5-7-11(20-3)8-6-10/h5-9H,4H2,1-3H3,(H,15,19). The number of hydrogen-bond donors (Lipinski definition) is 1. The van der Waals surface area contributed by atoms with Crippen LogP contribution in [0.25, 0.3) is 0 Å². The second kappa shape index (κ2) is 6.62. The number of ketones is 1. The predicted molar refractivity (Wildman–Crippen MR) is 81.2 cm³/mol. The minimum absolute atomic E-state index is 0.0132. The molecule has 112 valence electrons. The summed E-state index contributed by atoms with van der Waals surface area (Å²) >= 11 is 1.27. The SMILES string of the molecule is CCn1c(SC(C)C(=O)c2ccc(OC)cc2)n[nH]c1=O. The second-order valence-corrected chi connectivity index (χ2v) is 5.72. The molecule has 1 heterocycles. The van der Waals surface area contributed by atoms with Gasteiger partial charge in [0.15, 0.2) is 10.9 Å². The third kappa shape index (κ3) is 3.36. The summed E-state index contributed by atoms with van der Waals surface area (Å²) in [5.74, 6) is 0.694. The molecule has 21 heavy (non-hydrogen) atoms. The average molecular weight is 307 g/mol. The Labute approximate surface area is 126 Å². The van der Waals surface area contributed by atoms with Crippen molar-refractivity contribution in [3.63, 3.8) is 0 Å². The van der Waals surface area contributed by atoms with Crippen LogP contribution >= 0.6 is 11.8 Å². The zero-order valence-electron chi connectivity index (χ0n) is 12.1. The molecular formula is C14H17N3O3S. The Balaban J connectivity index is 2.13. The van der Waals surface area contributed by atoms with Gasteiger partial charge in [-0.05, 0) is 38.1 Å². The second-order valence-electron chi connectivity index (χ2n) is 4.41. The number of carbonyl (C=O) groups excluding carboxylic acids is 1. The van der Waals surface area contributed by atoms with Gasteiger partial charge in [0.25, 0.3) is 0 Å². The number of thioether (sulfide) groups is 1. The Morgan fingerprint density at radius 3 is 2.67 bits per heavy atom. The van der Waals surface area contributed by atoms with Crippen molar-refractivity contribution in [2.45, 2.75) is 30.8 Å². The molecule has 0 saturated heterocycles. The van der Waals surface area contributed by atoms with Crippen LogP contribution in [0.5, 0.6) is 5.75 Å². The summed E-state index contributed by atoms with van der Waals surface area (Å²) < 4.78 is 6.57. The molecule has 1 N–H and O–H groups in total. The molecule has 1 aromatic heterocycles. The summed E-state index contributed by atoms with van der Waals surface area (Å²) in [5.41, 5.74) is 0.348. The largest absolute Gasteiger partial charge is 0.497 e. The van der Waals surface area contributed by atoms with Gasteiger partial charge in [0.1, 0.15) is 5.75 Å². The fraction of sp³-hybridized carbons (Fsp3) is 0.357. The van der Waals surface area contributed by atoms with Crippen LogP contribution in [0, 0.1) is 0 Å². The molecule has 7 heteroatoms. The van der Waals surface area contributed by atoms with Crippen LogP contribution in [0.1, 0.15) is 24.2 Å². The summed E-state index contributed by atoms with van der Waals surface area (Å²) in [6, 6.07) is 6.97. The van der Waals surface area contributed by atoms with Crippen LogP contribution in [-0.2, 0) is 6.54 Å². The lowest BCUT2D eigenvalue weighted by atomic mass is 10.1. The lowest BCUT2D eigenvalue weighted by Gasteiger charge is -2.10. The molecule has 0 bridgehead atoms. The Hall–Kier alpha value is -2.02. The van der Waals surface area contributed by atoms with E-state index in [1.165, 1.54) is 16.3 Å². The van der Waals surface area contributed by atoms with Gasteiger partial charge < -0.3 is 4.74 Å². The molecule has 0 fully saturated rings. The van der Waals surface area contributed by atoms with E-state index in [0.717, 1.165) is 0 Å². The summed E-state index contributed by atoms with van der Waals surface area (Å²) in [7, 11) is 1.58. The lowest BCUT2D eigenvalue weighted by Crippen LogP contribution is -2.18. The quantitative estimate of drug-likeness (QED) is 0.652. The summed E-state index contributed by atoms with van der Waals surface area (Å²) in [4.78, 5) is 23.9. The van der Waals surface area contributed by atoms with Gasteiger partial charge >= 0.3 is 5.69 Å². The van der Waals surface area contributed by atoms with Crippen LogP contribution in [0.4, 0.5) is 0 Å². The first-order valence-electron chi connectivity index (χ1n) is 6.57. The van der Waals surface area contributed by atoms with Gasteiger partial charge in [-0.1, -0.05) is 11.8 Å². The van der Waals surface area contributed by atoms with Crippen molar-refractivity contribution in [2.75, 3.05) is 7.11 Å². The van der Waals surface area contributed by atoms with Crippen molar-refractivity contribution in [3.8, 4) is 5.75 Å². The number of rotatable bonds is 6. The smallest absolute Gasteiger partial charge is 0.343 e. The maximum atomic E-state index is 12.4. The molecule has 0 spiro atoms. The average Bonchev–Trinajstić information content (AvgIpc) is 2.86. The molecule has 1 unspecified atom stereocenters. The number of Topliss-reactive ketones (excluding diaryl/α,β-unsaturated/α-hetero) is 1.